The Morgan fingerprint density at radius 1 is 1.35 bits per heavy atom. The molecule has 0 unspecified atom stereocenters. The molecule has 1 aromatic carbocycles. The van der Waals surface area contributed by atoms with Crippen molar-refractivity contribution in [3.8, 4) is 0 Å². The van der Waals surface area contributed by atoms with Gasteiger partial charge in [0.2, 0.25) is 0 Å². The number of carbonyl (C=O) groups excluding carboxylic acids is 2. The largest absolute Gasteiger partial charge is 0.429 e. The fraction of sp³-hybridized carbons (Fsp3) is 0.167. The van der Waals surface area contributed by atoms with Gasteiger partial charge in [0.05, 0.1) is 11.4 Å². The van der Waals surface area contributed by atoms with Gasteiger partial charge in [-0.15, -0.1) is 10.2 Å². The minimum atomic E-state index is -1.07. The number of anilines is 1. The van der Waals surface area contributed by atoms with Crippen molar-refractivity contribution in [2.24, 2.45) is 5.73 Å². The van der Waals surface area contributed by atoms with Crippen LogP contribution in [0.3, 0.4) is 0 Å². The predicted molar refractivity (Wildman–Crippen MR) is 73.3 cm³/mol. The zero-order valence-corrected chi connectivity index (χ0v) is 11.7. The van der Waals surface area contributed by atoms with E-state index in [1.165, 1.54) is 0 Å². The van der Waals surface area contributed by atoms with Crippen LogP contribution in [0, 0.1) is 13.8 Å². The van der Waals surface area contributed by atoms with E-state index in [2.05, 4.69) is 9.59 Å². The SMILES string of the molecule is Cc1cccc(N(OC(N)=O)C(=O)c2snnc2C)c1. The van der Waals surface area contributed by atoms with Crippen LogP contribution in [0.5, 0.6) is 0 Å². The molecule has 104 valence electrons. The summed E-state index contributed by atoms with van der Waals surface area (Å²) in [7, 11) is 0. The van der Waals surface area contributed by atoms with E-state index in [0.29, 0.717) is 11.4 Å². The second-order valence-corrected chi connectivity index (χ2v) is 4.79. The maximum Gasteiger partial charge on any atom is 0.429 e. The predicted octanol–water partition coefficient (Wildman–Crippen LogP) is 1.81. The van der Waals surface area contributed by atoms with Gasteiger partial charge < -0.3 is 10.6 Å². The fourth-order valence-corrected chi connectivity index (χ4v) is 2.15. The van der Waals surface area contributed by atoms with E-state index >= 15 is 0 Å². The first-order valence-electron chi connectivity index (χ1n) is 5.66. The van der Waals surface area contributed by atoms with Crippen LogP contribution < -0.4 is 10.8 Å². The van der Waals surface area contributed by atoms with E-state index in [1.54, 1.807) is 25.1 Å². The smallest absolute Gasteiger partial charge is 0.333 e. The van der Waals surface area contributed by atoms with E-state index in [9.17, 15) is 9.59 Å². The molecule has 1 aromatic heterocycles. The molecule has 0 aliphatic carbocycles. The Kier molecular flexibility index (Phi) is 3.94. The minimum Gasteiger partial charge on any atom is -0.333 e. The average Bonchev–Trinajstić information content (AvgIpc) is 2.81. The summed E-state index contributed by atoms with van der Waals surface area (Å²) in [4.78, 5) is 28.5. The van der Waals surface area contributed by atoms with Gasteiger partial charge in [-0.05, 0) is 43.1 Å². The van der Waals surface area contributed by atoms with Gasteiger partial charge in [0.1, 0.15) is 4.88 Å². The lowest BCUT2D eigenvalue weighted by Gasteiger charge is -2.19. The Morgan fingerprint density at radius 2 is 2.10 bits per heavy atom. The number of hydroxylamine groups is 1. The molecule has 0 spiro atoms. The third kappa shape index (κ3) is 2.91. The first kappa shape index (κ1) is 13.9. The lowest BCUT2D eigenvalue weighted by molar-refractivity contribution is 0.0796. The molecule has 2 rings (SSSR count). The first-order valence-corrected chi connectivity index (χ1v) is 6.44. The number of primary amides is 1. The molecule has 8 heteroatoms. The second kappa shape index (κ2) is 5.66. The Labute approximate surface area is 119 Å². The van der Waals surface area contributed by atoms with Gasteiger partial charge in [0, 0.05) is 0 Å². The molecule has 1 heterocycles. The molecular formula is C12H12N4O3S. The zero-order chi connectivity index (χ0) is 14.7. The highest BCUT2D eigenvalue weighted by Gasteiger charge is 2.25. The van der Waals surface area contributed by atoms with Crippen molar-refractivity contribution in [1.82, 2.24) is 9.59 Å². The Morgan fingerprint density at radius 3 is 2.65 bits per heavy atom. The highest BCUT2D eigenvalue weighted by molar-refractivity contribution is 7.08. The number of hydrogen-bond donors (Lipinski definition) is 1. The molecule has 0 radical (unpaired) electrons. The molecule has 20 heavy (non-hydrogen) atoms. The van der Waals surface area contributed by atoms with Gasteiger partial charge in [0.15, 0.2) is 0 Å². The number of carbonyl (C=O) groups is 2. The van der Waals surface area contributed by atoms with Crippen LogP contribution in [0.15, 0.2) is 24.3 Å². The number of rotatable bonds is 2. The molecule has 0 bridgehead atoms. The topological polar surface area (TPSA) is 98.4 Å². The van der Waals surface area contributed by atoms with E-state index in [0.717, 1.165) is 22.2 Å². The van der Waals surface area contributed by atoms with Gasteiger partial charge in [-0.2, -0.15) is 0 Å². The molecular weight excluding hydrogens is 280 g/mol. The number of benzene rings is 1. The summed E-state index contributed by atoms with van der Waals surface area (Å²) >= 11 is 0.927. The summed E-state index contributed by atoms with van der Waals surface area (Å²) in [5.74, 6) is -0.540. The number of nitrogens with zero attached hydrogens (tertiary/aromatic N) is 3. The molecule has 0 fully saturated rings. The van der Waals surface area contributed by atoms with Gasteiger partial charge in [-0.3, -0.25) is 4.79 Å². The molecule has 2 N–H and O–H groups in total. The van der Waals surface area contributed by atoms with Crippen molar-refractivity contribution < 1.29 is 14.4 Å². The molecule has 0 atom stereocenters. The maximum atomic E-state index is 12.4. The van der Waals surface area contributed by atoms with Crippen molar-refractivity contribution in [1.29, 1.82) is 0 Å². The van der Waals surface area contributed by atoms with Crippen molar-refractivity contribution in [3.05, 3.63) is 40.4 Å². The third-order valence-corrected chi connectivity index (χ3v) is 3.26. The third-order valence-electron chi connectivity index (χ3n) is 2.45. The molecule has 0 aliphatic heterocycles. The monoisotopic (exact) mass is 292 g/mol. The van der Waals surface area contributed by atoms with Crippen LogP contribution in [-0.2, 0) is 4.84 Å². The molecule has 2 amide bonds. The normalized spacial score (nSPS) is 10.1. The molecule has 0 aliphatic rings. The minimum absolute atomic E-state index is 0.285. The van der Waals surface area contributed by atoms with Crippen molar-refractivity contribution >= 4 is 29.2 Å². The summed E-state index contributed by atoms with van der Waals surface area (Å²) in [6, 6.07) is 6.94. The zero-order valence-electron chi connectivity index (χ0n) is 10.9. The lowest BCUT2D eigenvalue weighted by atomic mass is 10.2. The second-order valence-electron chi connectivity index (χ2n) is 4.04. The van der Waals surface area contributed by atoms with Gasteiger partial charge in [-0.25, -0.2) is 4.79 Å². The summed E-state index contributed by atoms with van der Waals surface area (Å²) in [6.45, 7) is 3.51. The number of nitrogens with two attached hydrogens (primary N) is 1. The molecule has 0 saturated carbocycles. The quantitative estimate of drug-likeness (QED) is 0.851. The van der Waals surface area contributed by atoms with E-state index in [4.69, 9.17) is 10.6 Å². The van der Waals surface area contributed by atoms with E-state index < -0.39 is 12.0 Å². The summed E-state index contributed by atoms with van der Waals surface area (Å²) in [5, 5.41) is 4.60. The Hall–Kier alpha value is -2.48. The van der Waals surface area contributed by atoms with Crippen LogP contribution in [0.2, 0.25) is 0 Å². The number of aryl methyl sites for hydroxylation is 2. The highest BCUT2D eigenvalue weighted by Crippen LogP contribution is 2.21. The van der Waals surface area contributed by atoms with Crippen LogP contribution in [0.4, 0.5) is 10.5 Å². The van der Waals surface area contributed by atoms with Crippen LogP contribution >= 0.6 is 11.5 Å². The molecule has 7 nitrogen and oxygen atoms in total. The van der Waals surface area contributed by atoms with Crippen molar-refractivity contribution in [2.75, 3.05) is 5.06 Å². The van der Waals surface area contributed by atoms with E-state index in [1.807, 2.05) is 13.0 Å². The van der Waals surface area contributed by atoms with Crippen LogP contribution in [0.1, 0.15) is 20.9 Å². The number of aromatic nitrogens is 2. The van der Waals surface area contributed by atoms with Crippen molar-refractivity contribution in [3.63, 3.8) is 0 Å². The fourth-order valence-electron chi connectivity index (χ4n) is 1.58. The summed E-state index contributed by atoms with van der Waals surface area (Å²) < 4.78 is 3.69. The van der Waals surface area contributed by atoms with Crippen LogP contribution in [-0.4, -0.2) is 21.6 Å². The first-order chi connectivity index (χ1) is 9.49. The molecule has 2 aromatic rings. The summed E-state index contributed by atoms with van der Waals surface area (Å²) in [5.41, 5.74) is 6.79. The Balaban J connectivity index is 2.40. The Bertz CT molecular complexity index is 656. The summed E-state index contributed by atoms with van der Waals surface area (Å²) in [6.07, 6.45) is -1.07. The number of hydrogen-bond acceptors (Lipinski definition) is 6. The highest BCUT2D eigenvalue weighted by atomic mass is 32.1. The standard InChI is InChI=1S/C12H12N4O3S/c1-7-4-3-5-9(6-7)16(19-12(13)18)11(17)10-8(2)14-15-20-10/h3-6H,1-2H3,(H2,13,18). The van der Waals surface area contributed by atoms with E-state index in [-0.39, 0.29) is 4.88 Å². The number of amides is 2. The van der Waals surface area contributed by atoms with Crippen molar-refractivity contribution in [2.45, 2.75) is 13.8 Å². The lowest BCUT2D eigenvalue weighted by Crippen LogP contribution is -2.35. The van der Waals surface area contributed by atoms with Crippen LogP contribution in [0.25, 0.3) is 0 Å². The van der Waals surface area contributed by atoms with Gasteiger partial charge in [-0.1, -0.05) is 16.6 Å². The molecule has 0 saturated heterocycles. The van der Waals surface area contributed by atoms with Gasteiger partial charge in [0.25, 0.3) is 0 Å². The van der Waals surface area contributed by atoms with Gasteiger partial charge >= 0.3 is 12.0 Å². The maximum absolute atomic E-state index is 12.4. The average molecular weight is 292 g/mol.